The summed E-state index contributed by atoms with van der Waals surface area (Å²) < 4.78 is 36.1. The molecule has 1 saturated heterocycles. The van der Waals surface area contributed by atoms with Crippen molar-refractivity contribution >= 4 is 29.7 Å². The highest BCUT2D eigenvalue weighted by Gasteiger charge is 2.45. The number of allylic oxidation sites excluding steroid dienone is 1. The first kappa shape index (κ1) is 36.9. The summed E-state index contributed by atoms with van der Waals surface area (Å²) >= 11 is 0. The van der Waals surface area contributed by atoms with Gasteiger partial charge in [-0.1, -0.05) is 32.4 Å². The van der Waals surface area contributed by atoms with Gasteiger partial charge in [0.15, 0.2) is 24.4 Å². The highest BCUT2D eigenvalue weighted by Crippen LogP contribution is 2.23. The molecule has 0 aliphatic carbocycles. The first-order chi connectivity index (χ1) is 21.3. The van der Waals surface area contributed by atoms with Crippen LogP contribution in [0.2, 0.25) is 0 Å². The first-order valence-electron chi connectivity index (χ1n) is 14.8. The number of nitriles is 1. The molecule has 246 valence electrons. The number of esters is 3. The van der Waals surface area contributed by atoms with Crippen LogP contribution in [-0.2, 0) is 49.5 Å². The molecule has 1 aliphatic heterocycles. The lowest BCUT2D eigenvalue weighted by atomic mass is 9.98. The highest BCUT2D eigenvalue weighted by molar-refractivity contribution is 5.90. The van der Waals surface area contributed by atoms with Gasteiger partial charge in [0.05, 0.1) is 5.56 Å². The summed E-state index contributed by atoms with van der Waals surface area (Å²) in [4.78, 5) is 65.2. The number of carbonyl (C=O) groups excluding carboxylic acids is 5. The minimum absolute atomic E-state index is 0.0543. The standard InChI is InChI=1S/C32H42FN3O9/c1-7-19(2)11-14-27(43-20(3)37)28(44-21(4)38)29(45-22(5)39)30(42-6)31(40)35-26-10-8-9-15-36(32(26)41)18-23-12-13-24(17-34)25(33)16-23/h11-14,16,19,26-30H,7-10,15,18H2,1-6H3,(H,35,40)/b14-11+/t19?,26-,27+,28-,29+,30+/m0/s1. The lowest BCUT2D eigenvalue weighted by Gasteiger charge is -2.34. The summed E-state index contributed by atoms with van der Waals surface area (Å²) in [6, 6.07) is 4.85. The van der Waals surface area contributed by atoms with Crippen molar-refractivity contribution in [3.8, 4) is 6.07 Å². The summed E-state index contributed by atoms with van der Waals surface area (Å²) in [6.07, 6.45) is -0.406. The lowest BCUT2D eigenvalue weighted by Crippen LogP contribution is -2.58. The van der Waals surface area contributed by atoms with Gasteiger partial charge in [0.2, 0.25) is 5.91 Å². The number of nitrogens with one attached hydrogen (secondary N) is 1. The van der Waals surface area contributed by atoms with Crippen LogP contribution >= 0.6 is 0 Å². The van der Waals surface area contributed by atoms with Gasteiger partial charge < -0.3 is 29.2 Å². The second-order valence-electron chi connectivity index (χ2n) is 10.9. The summed E-state index contributed by atoms with van der Waals surface area (Å²) in [5.74, 6) is -4.23. The Labute approximate surface area is 262 Å². The van der Waals surface area contributed by atoms with Crippen LogP contribution in [0.5, 0.6) is 0 Å². The van der Waals surface area contributed by atoms with E-state index in [0.717, 1.165) is 27.2 Å². The van der Waals surface area contributed by atoms with Crippen molar-refractivity contribution in [3.63, 3.8) is 0 Å². The van der Waals surface area contributed by atoms with Crippen molar-refractivity contribution in [2.45, 2.75) is 97.3 Å². The molecule has 1 heterocycles. The van der Waals surface area contributed by atoms with Gasteiger partial charge in [0.1, 0.15) is 17.9 Å². The van der Waals surface area contributed by atoms with Gasteiger partial charge in [-0.05, 0) is 49.0 Å². The summed E-state index contributed by atoms with van der Waals surface area (Å²) in [5, 5.41) is 11.7. The number of hydrogen-bond acceptors (Lipinski definition) is 10. The normalized spacial score (nSPS) is 18.5. The Balaban J connectivity index is 2.40. The number of hydrogen-bond donors (Lipinski definition) is 1. The monoisotopic (exact) mass is 631 g/mol. The molecule has 1 N–H and O–H groups in total. The van der Waals surface area contributed by atoms with Crippen molar-refractivity contribution in [1.82, 2.24) is 10.2 Å². The third kappa shape index (κ3) is 11.3. The molecular weight excluding hydrogens is 589 g/mol. The van der Waals surface area contributed by atoms with Gasteiger partial charge in [0, 0.05) is 41.0 Å². The minimum atomic E-state index is -1.59. The third-order valence-corrected chi connectivity index (χ3v) is 7.26. The van der Waals surface area contributed by atoms with E-state index < -0.39 is 66.0 Å². The number of nitrogens with zero attached hydrogens (tertiary/aromatic N) is 2. The van der Waals surface area contributed by atoms with Crippen LogP contribution in [0.3, 0.4) is 0 Å². The van der Waals surface area contributed by atoms with Crippen molar-refractivity contribution in [2.24, 2.45) is 5.92 Å². The van der Waals surface area contributed by atoms with E-state index >= 15 is 0 Å². The molecule has 1 unspecified atom stereocenters. The Morgan fingerprint density at radius 2 is 1.71 bits per heavy atom. The van der Waals surface area contributed by atoms with Gasteiger partial charge in [0.25, 0.3) is 5.91 Å². The molecule has 0 radical (unpaired) electrons. The Morgan fingerprint density at radius 1 is 1.07 bits per heavy atom. The Kier molecular flexibility index (Phi) is 14.6. The van der Waals surface area contributed by atoms with Gasteiger partial charge >= 0.3 is 17.9 Å². The fourth-order valence-corrected chi connectivity index (χ4v) is 4.86. The van der Waals surface area contributed by atoms with Gasteiger partial charge in [-0.2, -0.15) is 5.26 Å². The van der Waals surface area contributed by atoms with Gasteiger partial charge in [-0.15, -0.1) is 0 Å². The van der Waals surface area contributed by atoms with Crippen LogP contribution in [0.15, 0.2) is 30.4 Å². The first-order valence-corrected chi connectivity index (χ1v) is 14.8. The molecule has 2 rings (SSSR count). The van der Waals surface area contributed by atoms with E-state index in [4.69, 9.17) is 24.2 Å². The summed E-state index contributed by atoms with van der Waals surface area (Å²) in [7, 11) is 1.18. The quantitative estimate of drug-likeness (QED) is 0.184. The lowest BCUT2D eigenvalue weighted by molar-refractivity contribution is -0.192. The Bertz CT molecular complexity index is 1290. The molecule has 13 heteroatoms. The van der Waals surface area contributed by atoms with Crippen molar-refractivity contribution in [1.29, 1.82) is 5.26 Å². The molecule has 6 atom stereocenters. The van der Waals surface area contributed by atoms with Crippen LogP contribution in [0.1, 0.15) is 71.4 Å². The smallest absolute Gasteiger partial charge is 0.303 e. The Hall–Kier alpha value is -4.31. The van der Waals surface area contributed by atoms with Crippen molar-refractivity contribution in [2.75, 3.05) is 13.7 Å². The second kappa shape index (κ2) is 17.9. The van der Waals surface area contributed by atoms with Crippen LogP contribution in [0, 0.1) is 23.1 Å². The number of likely N-dealkylation sites (tertiary alicyclic amines) is 1. The average Bonchev–Trinajstić information content (AvgIpc) is 3.14. The number of methoxy groups -OCH3 is 1. The fourth-order valence-electron chi connectivity index (χ4n) is 4.86. The molecule has 12 nitrogen and oxygen atoms in total. The molecule has 0 spiro atoms. The Morgan fingerprint density at radius 3 is 2.27 bits per heavy atom. The second-order valence-corrected chi connectivity index (χ2v) is 10.9. The number of amides is 2. The number of carbonyl (C=O) groups is 5. The predicted octanol–water partition coefficient (Wildman–Crippen LogP) is 3.11. The summed E-state index contributed by atoms with van der Waals surface area (Å²) in [5.41, 5.74) is 0.361. The number of benzene rings is 1. The SMILES string of the molecule is CCC(C)/C=C/[C@@H](OC(C)=O)[C@H](OC(C)=O)[C@@H](OC(C)=O)[C@@H](OC)C(=O)N[C@H]1CCCCN(Cc2ccc(C#N)c(F)c2)C1=O. The fraction of sp³-hybridized carbons (Fsp3) is 0.562. The molecule has 1 aromatic carbocycles. The number of halogens is 1. The maximum atomic E-state index is 14.2. The van der Waals surface area contributed by atoms with Crippen LogP contribution in [0.25, 0.3) is 0 Å². The summed E-state index contributed by atoms with van der Waals surface area (Å²) in [6.45, 7) is 7.65. The number of rotatable bonds is 14. The van der Waals surface area contributed by atoms with E-state index in [1.165, 1.54) is 30.2 Å². The zero-order valence-corrected chi connectivity index (χ0v) is 26.5. The molecule has 0 aromatic heterocycles. The maximum absolute atomic E-state index is 14.2. The van der Waals surface area contributed by atoms with Crippen LogP contribution < -0.4 is 5.32 Å². The predicted molar refractivity (Wildman–Crippen MR) is 158 cm³/mol. The molecule has 1 aliphatic rings. The largest absolute Gasteiger partial charge is 0.455 e. The van der Waals surface area contributed by atoms with Gasteiger partial charge in [-0.25, -0.2) is 4.39 Å². The van der Waals surface area contributed by atoms with Crippen LogP contribution in [-0.4, -0.2) is 78.7 Å². The average molecular weight is 632 g/mol. The van der Waals surface area contributed by atoms with E-state index in [9.17, 15) is 28.4 Å². The molecular formula is C32H42FN3O9. The molecule has 2 amide bonds. The van der Waals surface area contributed by atoms with E-state index in [1.807, 2.05) is 13.8 Å². The maximum Gasteiger partial charge on any atom is 0.303 e. The van der Waals surface area contributed by atoms with Crippen LogP contribution in [0.4, 0.5) is 4.39 Å². The van der Waals surface area contributed by atoms with Crippen molar-refractivity contribution < 1.29 is 47.3 Å². The molecule has 1 fully saturated rings. The van der Waals surface area contributed by atoms with E-state index in [-0.39, 0.29) is 18.0 Å². The number of ether oxygens (including phenoxy) is 4. The van der Waals surface area contributed by atoms with E-state index in [2.05, 4.69) is 5.32 Å². The highest BCUT2D eigenvalue weighted by atomic mass is 19.1. The van der Waals surface area contributed by atoms with E-state index in [1.54, 1.807) is 18.2 Å². The molecule has 45 heavy (non-hydrogen) atoms. The van der Waals surface area contributed by atoms with Crippen molar-refractivity contribution in [3.05, 3.63) is 47.3 Å². The molecule has 0 bridgehead atoms. The third-order valence-electron chi connectivity index (χ3n) is 7.26. The molecule has 1 aromatic rings. The molecule has 0 saturated carbocycles. The zero-order valence-electron chi connectivity index (χ0n) is 26.5. The van der Waals surface area contributed by atoms with Gasteiger partial charge in [-0.3, -0.25) is 24.0 Å². The zero-order chi connectivity index (χ0) is 33.7. The van der Waals surface area contributed by atoms with E-state index in [0.29, 0.717) is 31.4 Å². The topological polar surface area (TPSA) is 161 Å². The minimum Gasteiger partial charge on any atom is -0.455 e.